The van der Waals surface area contributed by atoms with Gasteiger partial charge in [0, 0.05) is 0 Å². The smallest absolute Gasteiger partial charge is 0.435 e. The Balaban J connectivity index is 4.58. The van der Waals surface area contributed by atoms with Crippen LogP contribution in [0.1, 0.15) is 39.5 Å². The van der Waals surface area contributed by atoms with Gasteiger partial charge in [0.1, 0.15) is 0 Å². The second kappa shape index (κ2) is 7.30. The molecule has 0 aromatic heterocycles. The van der Waals surface area contributed by atoms with Crippen molar-refractivity contribution in [2.75, 3.05) is 19.6 Å². The van der Waals surface area contributed by atoms with Crippen LogP contribution in [-0.4, -0.2) is 35.3 Å². The van der Waals surface area contributed by atoms with Gasteiger partial charge in [-0.1, -0.05) is 26.7 Å². The van der Waals surface area contributed by atoms with E-state index in [-0.39, 0.29) is 4.48 Å². The zero-order chi connectivity index (χ0) is 11.7. The first-order valence-electron chi connectivity index (χ1n) is 5.66. The van der Waals surface area contributed by atoms with Crippen LogP contribution in [0.4, 0.5) is 4.79 Å². The second-order valence-electron chi connectivity index (χ2n) is 3.94. The Hall–Kier alpha value is -1.01. The molecule has 0 saturated heterocycles. The first kappa shape index (κ1) is 14.0. The second-order valence-corrected chi connectivity index (χ2v) is 3.94. The van der Waals surface area contributed by atoms with Crippen LogP contribution >= 0.6 is 0 Å². The molecule has 0 heterocycles. The normalized spacial score (nSPS) is 11.0. The Bertz CT molecular complexity index is 222. The average Bonchev–Trinajstić information content (AvgIpc) is 2.22. The van der Waals surface area contributed by atoms with Gasteiger partial charge in [-0.3, -0.25) is 0 Å². The molecule has 1 N–H and O–H groups in total. The third-order valence-corrected chi connectivity index (χ3v) is 2.68. The lowest BCUT2D eigenvalue weighted by atomic mass is 10.2. The molecule has 3 heteroatoms. The van der Waals surface area contributed by atoms with Crippen molar-refractivity contribution in [1.82, 2.24) is 0 Å². The van der Waals surface area contributed by atoms with Gasteiger partial charge in [0.2, 0.25) is 0 Å². The van der Waals surface area contributed by atoms with Crippen LogP contribution in [0, 0.1) is 12.3 Å². The molecular weight excluding hydrogens is 190 g/mol. The van der Waals surface area contributed by atoms with Crippen molar-refractivity contribution in [2.45, 2.75) is 39.5 Å². The number of amides is 1. The number of hydrogen-bond donors (Lipinski definition) is 1. The summed E-state index contributed by atoms with van der Waals surface area (Å²) in [6, 6.07) is 0. The summed E-state index contributed by atoms with van der Waals surface area (Å²) in [5, 5.41) is 9.28. The molecule has 0 radical (unpaired) electrons. The molecule has 1 amide bonds. The van der Waals surface area contributed by atoms with Crippen molar-refractivity contribution in [3.63, 3.8) is 0 Å². The van der Waals surface area contributed by atoms with Crippen molar-refractivity contribution in [3.05, 3.63) is 0 Å². The number of unbranched alkanes of at least 4 members (excludes halogenated alkanes) is 2. The predicted molar refractivity (Wildman–Crippen MR) is 61.5 cm³/mol. The van der Waals surface area contributed by atoms with Gasteiger partial charge in [-0.15, -0.1) is 6.42 Å². The van der Waals surface area contributed by atoms with Crippen LogP contribution < -0.4 is 0 Å². The molecule has 0 fully saturated rings. The quantitative estimate of drug-likeness (QED) is 0.520. The van der Waals surface area contributed by atoms with E-state index in [1.54, 1.807) is 0 Å². The molecule has 0 rings (SSSR count). The molecule has 0 saturated carbocycles. The van der Waals surface area contributed by atoms with Crippen LogP contribution in [0.15, 0.2) is 0 Å². The van der Waals surface area contributed by atoms with Gasteiger partial charge >= 0.3 is 6.09 Å². The number of carboxylic acid groups (broad SMARTS) is 1. The summed E-state index contributed by atoms with van der Waals surface area (Å²) in [5.41, 5.74) is 0. The van der Waals surface area contributed by atoms with Gasteiger partial charge in [-0.25, -0.2) is 4.48 Å². The van der Waals surface area contributed by atoms with Crippen LogP contribution in [0.25, 0.3) is 0 Å². The molecule has 0 unspecified atom stereocenters. The number of terminal acetylenes is 1. The lowest BCUT2D eigenvalue weighted by Crippen LogP contribution is -2.53. The van der Waals surface area contributed by atoms with E-state index in [1.165, 1.54) is 0 Å². The molecule has 0 aromatic carbocycles. The van der Waals surface area contributed by atoms with E-state index in [4.69, 9.17) is 6.42 Å². The van der Waals surface area contributed by atoms with Gasteiger partial charge in [-0.2, -0.15) is 4.79 Å². The molecule has 3 nitrogen and oxygen atoms in total. The average molecular weight is 212 g/mol. The molecule has 0 bridgehead atoms. The van der Waals surface area contributed by atoms with Gasteiger partial charge in [0.15, 0.2) is 6.54 Å². The summed E-state index contributed by atoms with van der Waals surface area (Å²) in [5.74, 6) is 2.50. The van der Waals surface area contributed by atoms with Crippen LogP contribution in [0.3, 0.4) is 0 Å². The van der Waals surface area contributed by atoms with Gasteiger partial charge in [0.25, 0.3) is 0 Å². The number of nitrogens with zero attached hydrogens (tertiary/aromatic N) is 1. The highest BCUT2D eigenvalue weighted by Crippen LogP contribution is 2.12. The fraction of sp³-hybridized carbons (Fsp3) is 0.750. The molecule has 15 heavy (non-hydrogen) atoms. The van der Waals surface area contributed by atoms with E-state index < -0.39 is 6.09 Å². The Morgan fingerprint density at radius 2 is 1.73 bits per heavy atom. The third-order valence-electron chi connectivity index (χ3n) is 2.68. The van der Waals surface area contributed by atoms with E-state index in [0.29, 0.717) is 19.6 Å². The Labute approximate surface area is 92.7 Å². The van der Waals surface area contributed by atoms with E-state index in [2.05, 4.69) is 19.8 Å². The van der Waals surface area contributed by atoms with Gasteiger partial charge in [0.05, 0.1) is 13.1 Å². The zero-order valence-corrected chi connectivity index (χ0v) is 9.83. The number of carbonyl (C=O) groups is 1. The highest BCUT2D eigenvalue weighted by atomic mass is 16.4. The molecule has 0 aliphatic carbocycles. The van der Waals surface area contributed by atoms with Gasteiger partial charge < -0.3 is 5.11 Å². The summed E-state index contributed by atoms with van der Waals surface area (Å²) in [6.45, 7) is 5.72. The van der Waals surface area contributed by atoms with Crippen molar-refractivity contribution in [1.29, 1.82) is 0 Å². The van der Waals surface area contributed by atoms with E-state index in [9.17, 15) is 9.90 Å². The van der Waals surface area contributed by atoms with Crippen molar-refractivity contribution in [3.8, 4) is 12.3 Å². The van der Waals surface area contributed by atoms with E-state index in [0.717, 1.165) is 25.7 Å². The Morgan fingerprint density at radius 3 is 2.00 bits per heavy atom. The molecule has 0 aromatic rings. The minimum absolute atomic E-state index is 0.0399. The van der Waals surface area contributed by atoms with Gasteiger partial charge in [-0.05, 0) is 18.8 Å². The molecule has 0 aliphatic rings. The van der Waals surface area contributed by atoms with E-state index in [1.807, 2.05) is 0 Å². The fourth-order valence-electron chi connectivity index (χ4n) is 1.63. The van der Waals surface area contributed by atoms with Crippen LogP contribution in [0.5, 0.6) is 0 Å². The maximum absolute atomic E-state index is 11.3. The third kappa shape index (κ3) is 4.35. The lowest BCUT2D eigenvalue weighted by Gasteiger charge is -2.30. The predicted octanol–water partition coefficient (Wildman–Crippen LogP) is 2.71. The fourth-order valence-corrected chi connectivity index (χ4v) is 1.63. The van der Waals surface area contributed by atoms with Crippen LogP contribution in [-0.2, 0) is 0 Å². The standard InChI is InChI=1S/C12H21NO2/c1-4-7-10-13(9-6-3,12(14)15)11-8-5-2/h3H,4-5,7-11H2,1-2H3/p+1. The minimum atomic E-state index is -0.783. The molecule has 0 spiro atoms. The Kier molecular flexibility index (Phi) is 6.81. The molecule has 0 aliphatic heterocycles. The lowest BCUT2D eigenvalue weighted by molar-refractivity contribution is -0.850. The maximum atomic E-state index is 11.3. The molecular formula is C12H22NO2+. The largest absolute Gasteiger partial charge is 0.514 e. The van der Waals surface area contributed by atoms with Crippen molar-refractivity contribution < 1.29 is 14.4 Å². The highest BCUT2D eigenvalue weighted by molar-refractivity contribution is 5.57. The summed E-state index contributed by atoms with van der Waals surface area (Å²) in [6.07, 6.45) is 8.32. The van der Waals surface area contributed by atoms with Crippen molar-refractivity contribution in [2.24, 2.45) is 0 Å². The summed E-state index contributed by atoms with van der Waals surface area (Å²) >= 11 is 0. The van der Waals surface area contributed by atoms with E-state index >= 15 is 0 Å². The van der Waals surface area contributed by atoms with Crippen molar-refractivity contribution >= 4 is 6.09 Å². The number of hydrogen-bond acceptors (Lipinski definition) is 1. The zero-order valence-electron chi connectivity index (χ0n) is 9.83. The monoisotopic (exact) mass is 212 g/mol. The number of rotatable bonds is 7. The topological polar surface area (TPSA) is 37.3 Å². The summed E-state index contributed by atoms with van der Waals surface area (Å²) in [7, 11) is 0. The first-order chi connectivity index (χ1) is 7.13. The first-order valence-corrected chi connectivity index (χ1v) is 5.66. The number of quaternary nitrogens is 1. The highest BCUT2D eigenvalue weighted by Gasteiger charge is 2.34. The Morgan fingerprint density at radius 1 is 1.27 bits per heavy atom. The summed E-state index contributed by atoms with van der Waals surface area (Å²) < 4.78 is 0.0399. The maximum Gasteiger partial charge on any atom is 0.514 e. The molecule has 86 valence electrons. The SMILES string of the molecule is C#CC[N+](CCCC)(CCCC)C(=O)O. The van der Waals surface area contributed by atoms with Crippen LogP contribution in [0.2, 0.25) is 0 Å². The minimum Gasteiger partial charge on any atom is -0.435 e. The molecule has 0 atom stereocenters. The summed E-state index contributed by atoms with van der Waals surface area (Å²) in [4.78, 5) is 11.3.